The van der Waals surface area contributed by atoms with Crippen LogP contribution >= 0.6 is 15.9 Å². The average molecular weight is 298 g/mol. The van der Waals surface area contributed by atoms with E-state index in [4.69, 9.17) is 4.52 Å². The van der Waals surface area contributed by atoms with Crippen molar-refractivity contribution in [2.45, 2.75) is 20.0 Å². The van der Waals surface area contributed by atoms with Crippen molar-refractivity contribution < 1.29 is 4.52 Å². The Morgan fingerprint density at radius 3 is 2.47 bits per heavy atom. The van der Waals surface area contributed by atoms with Crippen molar-refractivity contribution in [2.24, 2.45) is 0 Å². The number of aromatic nitrogens is 4. The van der Waals surface area contributed by atoms with E-state index in [1.807, 2.05) is 11.9 Å². The van der Waals surface area contributed by atoms with Crippen LogP contribution in [0, 0.1) is 6.92 Å². The second-order valence-electron chi connectivity index (χ2n) is 3.72. The molecule has 2 aromatic rings. The second-order valence-corrected chi connectivity index (χ2v) is 4.64. The summed E-state index contributed by atoms with van der Waals surface area (Å²) in [4.78, 5) is 14.6. The van der Waals surface area contributed by atoms with Crippen molar-refractivity contribution in [1.82, 2.24) is 25.0 Å². The van der Waals surface area contributed by atoms with E-state index in [9.17, 15) is 0 Å². The molecular formula is C10H12BrN5O. The van der Waals surface area contributed by atoms with E-state index >= 15 is 0 Å². The van der Waals surface area contributed by atoms with E-state index < -0.39 is 0 Å². The number of nitrogens with zero attached hydrogens (tertiary/aromatic N) is 5. The maximum absolute atomic E-state index is 4.91. The van der Waals surface area contributed by atoms with Crippen LogP contribution in [0.25, 0.3) is 0 Å². The summed E-state index contributed by atoms with van der Waals surface area (Å²) in [7, 11) is 1.96. The minimum absolute atomic E-state index is 0.577. The van der Waals surface area contributed by atoms with Gasteiger partial charge in [-0.2, -0.15) is 4.98 Å². The highest BCUT2D eigenvalue weighted by molar-refractivity contribution is 9.10. The van der Waals surface area contributed by atoms with Gasteiger partial charge in [0.2, 0.25) is 5.89 Å². The molecule has 6 nitrogen and oxygen atoms in total. The van der Waals surface area contributed by atoms with Crippen LogP contribution in [0.1, 0.15) is 17.5 Å². The van der Waals surface area contributed by atoms with Crippen molar-refractivity contribution in [3.8, 4) is 0 Å². The van der Waals surface area contributed by atoms with Gasteiger partial charge in [-0.1, -0.05) is 5.16 Å². The van der Waals surface area contributed by atoms with Crippen LogP contribution in [-0.4, -0.2) is 32.1 Å². The number of rotatable bonds is 4. The molecule has 0 aromatic carbocycles. The van der Waals surface area contributed by atoms with Gasteiger partial charge in [0, 0.05) is 19.3 Å². The van der Waals surface area contributed by atoms with Gasteiger partial charge in [0.1, 0.15) is 5.82 Å². The van der Waals surface area contributed by atoms with Crippen LogP contribution in [0.4, 0.5) is 0 Å². The van der Waals surface area contributed by atoms with E-state index in [0.29, 0.717) is 24.8 Å². The normalized spacial score (nSPS) is 11.1. The van der Waals surface area contributed by atoms with Crippen LogP contribution in [0.2, 0.25) is 0 Å². The third-order valence-corrected chi connectivity index (χ3v) is 2.48. The number of halogens is 1. The Labute approximate surface area is 107 Å². The third-order valence-electron chi connectivity index (χ3n) is 2.07. The van der Waals surface area contributed by atoms with Gasteiger partial charge >= 0.3 is 0 Å². The molecule has 2 aromatic heterocycles. The maximum Gasteiger partial charge on any atom is 0.223 e. The lowest BCUT2D eigenvalue weighted by atomic mass is 10.4. The minimum atomic E-state index is 0.577. The van der Waals surface area contributed by atoms with Gasteiger partial charge in [-0.15, -0.1) is 0 Å². The molecule has 0 aliphatic heterocycles. The highest BCUT2D eigenvalue weighted by Gasteiger charge is 2.08. The van der Waals surface area contributed by atoms with Crippen LogP contribution in [0.3, 0.4) is 0 Å². The highest BCUT2D eigenvalue weighted by atomic mass is 79.9. The van der Waals surface area contributed by atoms with Crippen LogP contribution in [-0.2, 0) is 13.1 Å². The van der Waals surface area contributed by atoms with Gasteiger partial charge in [-0.25, -0.2) is 9.97 Å². The molecule has 0 saturated carbocycles. The first-order chi connectivity index (χ1) is 8.13. The summed E-state index contributed by atoms with van der Waals surface area (Å²) in [5, 5.41) is 3.84. The summed E-state index contributed by atoms with van der Waals surface area (Å²) in [5.74, 6) is 2.01. The summed E-state index contributed by atoms with van der Waals surface area (Å²) in [6, 6.07) is 0. The molecule has 2 rings (SSSR count). The lowest BCUT2D eigenvalue weighted by Gasteiger charge is -2.12. The van der Waals surface area contributed by atoms with Crippen LogP contribution in [0.15, 0.2) is 21.4 Å². The largest absolute Gasteiger partial charge is 0.340 e. The molecule has 17 heavy (non-hydrogen) atoms. The predicted molar refractivity (Wildman–Crippen MR) is 63.9 cm³/mol. The number of aryl methyl sites for hydroxylation is 1. The van der Waals surface area contributed by atoms with Crippen molar-refractivity contribution in [1.29, 1.82) is 0 Å². The first-order valence-electron chi connectivity index (χ1n) is 5.07. The minimum Gasteiger partial charge on any atom is -0.340 e. The summed E-state index contributed by atoms with van der Waals surface area (Å²) >= 11 is 3.30. The van der Waals surface area contributed by atoms with Crippen molar-refractivity contribution >= 4 is 15.9 Å². The molecule has 0 saturated heterocycles. The lowest BCUT2D eigenvalue weighted by molar-refractivity contribution is 0.293. The molecule has 0 aliphatic carbocycles. The summed E-state index contributed by atoms with van der Waals surface area (Å²) in [5.41, 5.74) is 0. The Kier molecular flexibility index (Phi) is 3.80. The van der Waals surface area contributed by atoms with Gasteiger partial charge in [-0.05, 0) is 23.0 Å². The van der Waals surface area contributed by atoms with Gasteiger partial charge in [-0.3, -0.25) is 4.90 Å². The van der Waals surface area contributed by atoms with Gasteiger partial charge < -0.3 is 4.52 Å². The zero-order chi connectivity index (χ0) is 12.3. The van der Waals surface area contributed by atoms with Crippen molar-refractivity contribution in [3.63, 3.8) is 0 Å². The fourth-order valence-electron chi connectivity index (χ4n) is 1.36. The third kappa shape index (κ3) is 3.57. The van der Waals surface area contributed by atoms with Crippen LogP contribution < -0.4 is 0 Å². The number of hydrogen-bond acceptors (Lipinski definition) is 6. The monoisotopic (exact) mass is 297 g/mol. The average Bonchev–Trinajstić information content (AvgIpc) is 2.67. The first kappa shape index (κ1) is 12.1. The molecule has 0 atom stereocenters. The zero-order valence-electron chi connectivity index (χ0n) is 9.59. The lowest BCUT2D eigenvalue weighted by Crippen LogP contribution is -2.19. The van der Waals surface area contributed by atoms with Crippen LogP contribution in [0.5, 0.6) is 0 Å². The molecule has 90 valence electrons. The predicted octanol–water partition coefficient (Wildman–Crippen LogP) is 1.56. The summed E-state index contributed by atoms with van der Waals surface area (Å²) in [6.07, 6.45) is 3.46. The quantitative estimate of drug-likeness (QED) is 0.853. The maximum atomic E-state index is 4.91. The Balaban J connectivity index is 1.93. The molecule has 0 spiro atoms. The van der Waals surface area contributed by atoms with E-state index in [-0.39, 0.29) is 0 Å². The molecule has 0 unspecified atom stereocenters. The Hall–Kier alpha value is -1.34. The van der Waals surface area contributed by atoms with E-state index in [1.165, 1.54) is 0 Å². The van der Waals surface area contributed by atoms with Crippen molar-refractivity contribution in [3.05, 3.63) is 34.4 Å². The second kappa shape index (κ2) is 5.33. The molecule has 0 amide bonds. The molecule has 0 bridgehead atoms. The molecule has 0 radical (unpaired) electrons. The molecule has 2 heterocycles. The van der Waals surface area contributed by atoms with E-state index in [1.54, 1.807) is 19.3 Å². The highest BCUT2D eigenvalue weighted by Crippen LogP contribution is 2.06. The zero-order valence-corrected chi connectivity index (χ0v) is 11.2. The summed E-state index contributed by atoms with van der Waals surface area (Å²) < 4.78 is 5.78. The SMILES string of the molecule is Cc1nc(CN(C)Cc2ncc(Br)cn2)no1. The Morgan fingerprint density at radius 1 is 1.24 bits per heavy atom. The standard InChI is InChI=1S/C10H12BrN5O/c1-7-14-10(15-17-7)6-16(2)5-9-12-3-8(11)4-13-9/h3-4H,5-6H2,1-2H3. The molecule has 0 aliphatic rings. The smallest absolute Gasteiger partial charge is 0.223 e. The van der Waals surface area contributed by atoms with Gasteiger partial charge in [0.05, 0.1) is 17.6 Å². The van der Waals surface area contributed by atoms with E-state index in [2.05, 4.69) is 36.0 Å². The topological polar surface area (TPSA) is 67.9 Å². The molecular weight excluding hydrogens is 286 g/mol. The fraction of sp³-hybridized carbons (Fsp3) is 0.400. The molecule has 0 N–H and O–H groups in total. The van der Waals surface area contributed by atoms with Crippen molar-refractivity contribution in [2.75, 3.05) is 7.05 Å². The van der Waals surface area contributed by atoms with E-state index in [0.717, 1.165) is 10.3 Å². The molecule has 0 fully saturated rings. The number of hydrogen-bond donors (Lipinski definition) is 0. The first-order valence-corrected chi connectivity index (χ1v) is 5.87. The summed E-state index contributed by atoms with van der Waals surface area (Å²) in [6.45, 7) is 3.02. The Morgan fingerprint density at radius 2 is 1.88 bits per heavy atom. The van der Waals surface area contributed by atoms with Gasteiger partial charge in [0.25, 0.3) is 0 Å². The fourth-order valence-corrected chi connectivity index (χ4v) is 1.57. The molecule has 7 heteroatoms. The Bertz CT molecular complexity index is 484. The van der Waals surface area contributed by atoms with Gasteiger partial charge in [0.15, 0.2) is 5.82 Å².